The highest BCUT2D eigenvalue weighted by atomic mass is 16.6. The van der Waals surface area contributed by atoms with E-state index in [0.717, 1.165) is 20.3 Å². The third-order valence-corrected chi connectivity index (χ3v) is 0.204. The number of rotatable bonds is 0. The second-order valence-electron chi connectivity index (χ2n) is 0.612. The van der Waals surface area contributed by atoms with E-state index in [-0.39, 0.29) is 0 Å². The van der Waals surface area contributed by atoms with Crippen molar-refractivity contribution in [2.24, 2.45) is 0 Å². The summed E-state index contributed by atoms with van der Waals surface area (Å²) < 4.78 is 4.50. The van der Waals surface area contributed by atoms with Crippen LogP contribution in [0.1, 0.15) is 0 Å². The topological polar surface area (TPSA) is 32.8 Å². The molecule has 1 aliphatic rings. The Morgan fingerprint density at radius 3 is 1.60 bits per heavy atom. The number of aliphatic hydroxyl groups excluding tert-OH is 1. The van der Waals surface area contributed by atoms with Gasteiger partial charge in [-0.1, -0.05) is 0 Å². The Morgan fingerprint density at radius 1 is 1.40 bits per heavy atom. The Hall–Kier alpha value is -0.0800. The zero-order chi connectivity index (χ0) is 4.12. The predicted molar refractivity (Wildman–Crippen MR) is 19.0 cm³/mol. The van der Waals surface area contributed by atoms with Gasteiger partial charge in [-0.05, 0) is 0 Å². The smallest absolute Gasteiger partial charge is 0.0701 e. The van der Waals surface area contributed by atoms with E-state index >= 15 is 0 Å². The molecule has 1 saturated heterocycles. The van der Waals surface area contributed by atoms with Gasteiger partial charge in [0.15, 0.2) is 0 Å². The molecule has 0 radical (unpaired) electrons. The van der Waals surface area contributed by atoms with Gasteiger partial charge in [0.25, 0.3) is 0 Å². The van der Waals surface area contributed by atoms with Crippen LogP contribution in [-0.4, -0.2) is 25.4 Å². The van der Waals surface area contributed by atoms with Crippen molar-refractivity contribution in [2.45, 2.75) is 0 Å². The van der Waals surface area contributed by atoms with Gasteiger partial charge in [0.05, 0.1) is 13.2 Å². The van der Waals surface area contributed by atoms with Gasteiger partial charge in [0.2, 0.25) is 0 Å². The number of epoxide rings is 1. The zero-order valence-corrected chi connectivity index (χ0v) is 3.27. The summed E-state index contributed by atoms with van der Waals surface area (Å²) in [5, 5.41) is 7.00. The summed E-state index contributed by atoms with van der Waals surface area (Å²) in [6.07, 6.45) is 0. The van der Waals surface area contributed by atoms with E-state index < -0.39 is 0 Å². The molecule has 5 heavy (non-hydrogen) atoms. The second-order valence-corrected chi connectivity index (χ2v) is 0.612. The molecule has 1 N–H and O–H groups in total. The first-order valence-corrected chi connectivity index (χ1v) is 1.52. The van der Waals surface area contributed by atoms with E-state index in [1.165, 1.54) is 0 Å². The monoisotopic (exact) mass is 76.1 g/mol. The molecule has 0 aromatic carbocycles. The predicted octanol–water partition coefficient (Wildman–Crippen LogP) is -0.375. The van der Waals surface area contributed by atoms with Gasteiger partial charge in [-0.3, -0.25) is 0 Å². The lowest BCUT2D eigenvalue weighted by molar-refractivity contribution is 0.399. The van der Waals surface area contributed by atoms with Gasteiger partial charge in [-0.25, -0.2) is 0 Å². The molecule has 2 nitrogen and oxygen atoms in total. The molecule has 0 unspecified atom stereocenters. The molecule has 0 atom stereocenters. The van der Waals surface area contributed by atoms with Gasteiger partial charge in [-0.15, -0.1) is 0 Å². The first-order chi connectivity index (χ1) is 2.50. The fourth-order valence-electron chi connectivity index (χ4n) is 0. The van der Waals surface area contributed by atoms with Crippen LogP contribution in [0.3, 0.4) is 0 Å². The lowest BCUT2D eigenvalue weighted by Crippen LogP contribution is -1.25. The molecular formula is C3H8O2. The number of aliphatic hydroxyl groups is 1. The molecule has 1 aliphatic heterocycles. The number of hydrogen-bond donors (Lipinski definition) is 1. The molecule has 32 valence electrons. The Labute approximate surface area is 31.4 Å². The Bertz CT molecular complexity index is 9.61. The fourth-order valence-corrected chi connectivity index (χ4v) is 0. The van der Waals surface area contributed by atoms with E-state index in [9.17, 15) is 0 Å². The van der Waals surface area contributed by atoms with Gasteiger partial charge >= 0.3 is 0 Å². The Balaban J connectivity index is 0.0000000733. The van der Waals surface area contributed by atoms with E-state index in [4.69, 9.17) is 5.11 Å². The van der Waals surface area contributed by atoms with E-state index in [2.05, 4.69) is 4.74 Å². The van der Waals surface area contributed by atoms with Crippen LogP contribution in [0.4, 0.5) is 0 Å². The SMILES string of the molecule is C1CO1.CO. The summed E-state index contributed by atoms with van der Waals surface area (Å²) >= 11 is 0. The summed E-state index contributed by atoms with van der Waals surface area (Å²) in [5.41, 5.74) is 0. The molecule has 0 aromatic rings. The van der Waals surface area contributed by atoms with Crippen molar-refractivity contribution >= 4 is 0 Å². The fraction of sp³-hybridized carbons (Fsp3) is 1.00. The van der Waals surface area contributed by atoms with Crippen LogP contribution in [-0.2, 0) is 4.74 Å². The summed E-state index contributed by atoms with van der Waals surface area (Å²) in [7, 11) is 1.00. The van der Waals surface area contributed by atoms with Crippen LogP contribution in [0, 0.1) is 0 Å². The molecule has 0 amide bonds. The van der Waals surface area contributed by atoms with Gasteiger partial charge in [0.1, 0.15) is 0 Å². The molecule has 0 bridgehead atoms. The highest BCUT2D eigenvalue weighted by Gasteiger charge is 1.94. The summed E-state index contributed by atoms with van der Waals surface area (Å²) in [6.45, 7) is 2.00. The van der Waals surface area contributed by atoms with Crippen LogP contribution in [0.5, 0.6) is 0 Å². The minimum Gasteiger partial charge on any atom is -0.400 e. The minimum atomic E-state index is 1.00. The van der Waals surface area contributed by atoms with Crippen LogP contribution in [0.15, 0.2) is 0 Å². The molecule has 1 heterocycles. The van der Waals surface area contributed by atoms with Gasteiger partial charge in [-0.2, -0.15) is 0 Å². The molecule has 1 fully saturated rings. The quantitative estimate of drug-likeness (QED) is 0.399. The molecular weight excluding hydrogens is 68.0 g/mol. The van der Waals surface area contributed by atoms with Crippen LogP contribution in [0.2, 0.25) is 0 Å². The molecule has 0 aromatic heterocycles. The van der Waals surface area contributed by atoms with Crippen molar-refractivity contribution in [3.05, 3.63) is 0 Å². The van der Waals surface area contributed by atoms with Crippen LogP contribution in [0.25, 0.3) is 0 Å². The van der Waals surface area contributed by atoms with Crippen molar-refractivity contribution in [3.63, 3.8) is 0 Å². The Morgan fingerprint density at radius 2 is 1.60 bits per heavy atom. The minimum absolute atomic E-state index is 1.00. The molecule has 0 spiro atoms. The van der Waals surface area contributed by atoms with E-state index in [1.807, 2.05) is 0 Å². The first-order valence-electron chi connectivity index (χ1n) is 1.52. The van der Waals surface area contributed by atoms with Crippen LogP contribution >= 0.6 is 0 Å². The second kappa shape index (κ2) is 3.92. The van der Waals surface area contributed by atoms with Crippen molar-refractivity contribution < 1.29 is 9.84 Å². The maximum absolute atomic E-state index is 7.00. The lowest BCUT2D eigenvalue weighted by Gasteiger charge is -1.24. The van der Waals surface area contributed by atoms with Crippen molar-refractivity contribution in [3.8, 4) is 0 Å². The number of ether oxygens (including phenoxy) is 1. The third-order valence-electron chi connectivity index (χ3n) is 0.204. The molecule has 0 saturated carbocycles. The maximum Gasteiger partial charge on any atom is 0.0701 e. The highest BCUT2D eigenvalue weighted by molar-refractivity contribution is 4.36. The van der Waals surface area contributed by atoms with Crippen molar-refractivity contribution in [1.82, 2.24) is 0 Å². The average molecular weight is 76.1 g/mol. The highest BCUT2D eigenvalue weighted by Crippen LogP contribution is 1.84. The largest absolute Gasteiger partial charge is 0.400 e. The summed E-state index contributed by atoms with van der Waals surface area (Å²) in [4.78, 5) is 0. The van der Waals surface area contributed by atoms with Crippen molar-refractivity contribution in [2.75, 3.05) is 20.3 Å². The molecule has 1 rings (SSSR count). The molecule has 0 aliphatic carbocycles. The van der Waals surface area contributed by atoms with Gasteiger partial charge < -0.3 is 9.84 Å². The zero-order valence-electron chi connectivity index (χ0n) is 3.27. The summed E-state index contributed by atoms with van der Waals surface area (Å²) in [6, 6.07) is 0. The van der Waals surface area contributed by atoms with Crippen molar-refractivity contribution in [1.29, 1.82) is 0 Å². The average Bonchev–Trinajstić information content (AvgIpc) is 2.19. The lowest BCUT2D eigenvalue weighted by atomic mass is 11.0. The molecule has 2 heteroatoms. The number of hydrogen-bond acceptors (Lipinski definition) is 2. The first kappa shape index (κ1) is 4.92. The maximum atomic E-state index is 7.00. The van der Waals surface area contributed by atoms with Crippen LogP contribution < -0.4 is 0 Å². The van der Waals surface area contributed by atoms with E-state index in [0.29, 0.717) is 0 Å². The Kier molecular flexibility index (Phi) is 3.86. The normalized spacial score (nSPS) is 15.6. The van der Waals surface area contributed by atoms with E-state index in [1.54, 1.807) is 0 Å². The standard InChI is InChI=1S/C2H4O.CH4O/c1-2-3-1;1-2/h1-2H2;2H,1H3. The summed E-state index contributed by atoms with van der Waals surface area (Å²) in [5.74, 6) is 0. The van der Waals surface area contributed by atoms with Gasteiger partial charge in [0, 0.05) is 7.11 Å². The third kappa shape index (κ3) is 17.1.